The van der Waals surface area contributed by atoms with Crippen LogP contribution in [0.15, 0.2) is 65.6 Å². The largest absolute Gasteiger partial charge is 0.383 e. The quantitative estimate of drug-likeness (QED) is 0.211. The number of nitrogens with zero attached hydrogens (tertiary/aromatic N) is 7. The van der Waals surface area contributed by atoms with Gasteiger partial charge < -0.3 is 15.0 Å². The lowest BCUT2D eigenvalue weighted by Crippen LogP contribution is -2.32. The maximum atomic E-state index is 12.4. The van der Waals surface area contributed by atoms with E-state index < -0.39 is 0 Å². The van der Waals surface area contributed by atoms with Gasteiger partial charge in [0.25, 0.3) is 5.95 Å². The predicted molar refractivity (Wildman–Crippen MR) is 148 cm³/mol. The van der Waals surface area contributed by atoms with Crippen LogP contribution in [0.3, 0.4) is 0 Å². The summed E-state index contributed by atoms with van der Waals surface area (Å²) in [6.07, 6.45) is 2.75. The molecular weight excluding hydrogens is 504 g/mol. The van der Waals surface area contributed by atoms with Gasteiger partial charge in [0.2, 0.25) is 16.9 Å². The predicted octanol–water partition coefficient (Wildman–Crippen LogP) is 5.54. The summed E-state index contributed by atoms with van der Waals surface area (Å²) in [7, 11) is 1.55. The van der Waals surface area contributed by atoms with Crippen LogP contribution in [-0.2, 0) is 14.3 Å². The number of benzene rings is 2. The van der Waals surface area contributed by atoms with E-state index in [4.69, 9.17) is 4.74 Å². The molecule has 0 unspecified atom stereocenters. The normalized spacial score (nSPS) is 11.4. The fraction of sp³-hybridized carbons (Fsp3) is 0.269. The van der Waals surface area contributed by atoms with E-state index in [2.05, 4.69) is 63.2 Å². The van der Waals surface area contributed by atoms with Gasteiger partial charge in [0.1, 0.15) is 12.0 Å². The van der Waals surface area contributed by atoms with Crippen molar-refractivity contribution in [3.05, 3.63) is 60.9 Å². The summed E-state index contributed by atoms with van der Waals surface area (Å²) >= 11 is 1.51. The van der Waals surface area contributed by atoms with Crippen molar-refractivity contribution in [1.82, 2.24) is 19.7 Å². The Bertz CT molecular complexity index is 1510. The van der Waals surface area contributed by atoms with Gasteiger partial charge in [-0.15, -0.1) is 15.3 Å². The van der Waals surface area contributed by atoms with Crippen LogP contribution in [0.2, 0.25) is 0 Å². The third kappa shape index (κ3) is 6.15. The van der Waals surface area contributed by atoms with Gasteiger partial charge in [0, 0.05) is 26.3 Å². The van der Waals surface area contributed by atoms with E-state index in [1.807, 2.05) is 6.07 Å². The average Bonchev–Trinajstić information content (AvgIpc) is 3.54. The second kappa shape index (κ2) is 11.8. The number of fused-ring (bicyclic) bond motifs is 1. The summed E-state index contributed by atoms with van der Waals surface area (Å²) in [5.41, 5.74) is 3.44. The molecule has 0 bridgehead atoms. The van der Waals surface area contributed by atoms with Crippen LogP contribution in [0.25, 0.3) is 15.3 Å². The lowest BCUT2D eigenvalue weighted by molar-refractivity contribution is -0.115. The third-order valence-electron chi connectivity index (χ3n) is 5.55. The maximum Gasteiger partial charge on any atom is 0.287 e. The van der Waals surface area contributed by atoms with E-state index in [0.29, 0.717) is 41.3 Å². The molecule has 2 amide bonds. The van der Waals surface area contributed by atoms with Crippen molar-refractivity contribution in [3.63, 3.8) is 0 Å². The van der Waals surface area contributed by atoms with Gasteiger partial charge in [-0.2, -0.15) is 9.67 Å². The Balaban J connectivity index is 1.59. The smallest absolute Gasteiger partial charge is 0.287 e. The zero-order valence-electron chi connectivity index (χ0n) is 21.6. The van der Waals surface area contributed by atoms with Gasteiger partial charge in [-0.3, -0.25) is 9.59 Å². The highest BCUT2D eigenvalue weighted by atomic mass is 32.1. The first-order valence-corrected chi connectivity index (χ1v) is 12.7. The zero-order valence-corrected chi connectivity index (χ0v) is 22.4. The van der Waals surface area contributed by atoms with Crippen LogP contribution < -0.4 is 10.2 Å². The second-order valence-corrected chi connectivity index (χ2v) is 9.65. The summed E-state index contributed by atoms with van der Waals surface area (Å²) < 4.78 is 7.73. The molecule has 0 saturated carbocycles. The molecule has 4 aromatic rings. The van der Waals surface area contributed by atoms with Gasteiger partial charge in [-0.05, 0) is 47.9 Å². The Morgan fingerprint density at radius 2 is 2.05 bits per heavy atom. The first kappa shape index (κ1) is 26.8. The van der Waals surface area contributed by atoms with Crippen molar-refractivity contribution in [3.8, 4) is 5.13 Å². The third-order valence-corrected chi connectivity index (χ3v) is 6.56. The van der Waals surface area contributed by atoms with Crippen LogP contribution in [0.5, 0.6) is 0 Å². The van der Waals surface area contributed by atoms with Crippen molar-refractivity contribution in [2.75, 3.05) is 30.5 Å². The number of rotatable bonds is 10. The molecule has 2 heterocycles. The van der Waals surface area contributed by atoms with Gasteiger partial charge in [0.05, 0.1) is 22.5 Å². The second-order valence-electron chi connectivity index (χ2n) is 8.64. The lowest BCUT2D eigenvalue weighted by atomic mass is 10.0. The number of carbonyl (C=O) groups excluding carboxylic acids is 2. The molecule has 0 radical (unpaired) electrons. The highest BCUT2D eigenvalue weighted by molar-refractivity contribution is 7.20. The fourth-order valence-corrected chi connectivity index (χ4v) is 4.54. The van der Waals surface area contributed by atoms with E-state index in [0.717, 1.165) is 10.2 Å². The number of hydrogen-bond donors (Lipinski definition) is 1. The average molecular weight is 533 g/mol. The number of hydrogen-bond acceptors (Lipinski definition) is 9. The van der Waals surface area contributed by atoms with Crippen LogP contribution in [0.4, 0.5) is 23.0 Å². The van der Waals surface area contributed by atoms with Crippen LogP contribution in [-0.4, -0.2) is 51.8 Å². The monoisotopic (exact) mass is 532 g/mol. The van der Waals surface area contributed by atoms with Crippen LogP contribution in [0.1, 0.15) is 32.3 Å². The molecule has 0 aliphatic rings. The minimum Gasteiger partial charge on any atom is -0.383 e. The number of aromatic nitrogens is 4. The number of methoxy groups -OCH3 is 1. The van der Waals surface area contributed by atoms with E-state index in [9.17, 15) is 9.59 Å². The molecule has 0 saturated heterocycles. The van der Waals surface area contributed by atoms with Gasteiger partial charge >= 0.3 is 0 Å². The summed E-state index contributed by atoms with van der Waals surface area (Å²) in [5, 5.41) is 16.2. The Kier molecular flexibility index (Phi) is 8.34. The molecular formula is C26H28N8O3S. The van der Waals surface area contributed by atoms with E-state index in [-0.39, 0.29) is 17.8 Å². The van der Waals surface area contributed by atoms with E-state index in [1.165, 1.54) is 41.1 Å². The fourth-order valence-electron chi connectivity index (χ4n) is 3.61. The summed E-state index contributed by atoms with van der Waals surface area (Å²) in [6.45, 7) is 9.90. The number of ether oxygens (including phenoxy) is 1. The molecule has 0 fully saturated rings. The molecule has 0 spiro atoms. The number of azo groups is 1. The number of carbonyl (C=O) groups is 2. The van der Waals surface area contributed by atoms with Crippen LogP contribution >= 0.6 is 11.3 Å². The lowest BCUT2D eigenvalue weighted by Gasteiger charge is -2.22. The molecule has 196 valence electrons. The summed E-state index contributed by atoms with van der Waals surface area (Å²) in [4.78, 5) is 34.6. The van der Waals surface area contributed by atoms with Gasteiger partial charge in [-0.25, -0.2) is 4.98 Å². The number of nitrogens with one attached hydrogen (secondary N) is 1. The first-order valence-electron chi connectivity index (χ1n) is 11.9. The molecule has 1 N–H and O–H groups in total. The van der Waals surface area contributed by atoms with Crippen LogP contribution in [0, 0.1) is 0 Å². The van der Waals surface area contributed by atoms with E-state index in [1.54, 1.807) is 30.0 Å². The molecule has 0 aliphatic heterocycles. The minimum absolute atomic E-state index is 0.133. The molecule has 0 aliphatic carbocycles. The summed E-state index contributed by atoms with van der Waals surface area (Å²) in [6, 6.07) is 11.2. The Morgan fingerprint density at radius 1 is 1.24 bits per heavy atom. The molecule has 2 aromatic heterocycles. The minimum atomic E-state index is -0.296. The summed E-state index contributed by atoms with van der Waals surface area (Å²) in [5.74, 6) is -0.0320. The maximum absolute atomic E-state index is 12.4. The first-order chi connectivity index (χ1) is 18.3. The van der Waals surface area contributed by atoms with Gasteiger partial charge in [0.15, 0.2) is 0 Å². The molecule has 12 heteroatoms. The standard InChI is InChI=1S/C26H28N8O3S/c1-6-24(36)33(11-12-37-5)19-8-10-20(22(14-19)28-17(4)35)30-31-25-27-15-34(32-25)26-29-21-9-7-18(16(2)3)13-23(21)38-26/h6-10,13-16H,1,11-12H2,2-5H3,(H,28,35). The highest BCUT2D eigenvalue weighted by Gasteiger charge is 2.16. The number of anilines is 2. The molecule has 2 aromatic carbocycles. The van der Waals surface area contributed by atoms with Gasteiger partial charge in [-0.1, -0.05) is 37.8 Å². The number of thiazole rings is 1. The van der Waals surface area contributed by atoms with Crippen molar-refractivity contribution in [2.45, 2.75) is 26.7 Å². The molecule has 11 nitrogen and oxygen atoms in total. The van der Waals surface area contributed by atoms with Crippen molar-refractivity contribution in [2.24, 2.45) is 10.2 Å². The van der Waals surface area contributed by atoms with E-state index >= 15 is 0 Å². The SMILES string of the molecule is C=CC(=O)N(CCOC)c1ccc(N=Nc2ncn(-c3nc4ccc(C(C)C)cc4s3)n2)c(NC(C)=O)c1. The highest BCUT2D eigenvalue weighted by Crippen LogP contribution is 2.32. The molecule has 38 heavy (non-hydrogen) atoms. The van der Waals surface area contributed by atoms with Crippen molar-refractivity contribution < 1.29 is 14.3 Å². The number of amides is 2. The van der Waals surface area contributed by atoms with Crippen molar-refractivity contribution in [1.29, 1.82) is 0 Å². The zero-order chi connectivity index (χ0) is 27.2. The Hall–Kier alpha value is -4.29. The Morgan fingerprint density at radius 3 is 2.76 bits per heavy atom. The molecule has 0 atom stereocenters. The molecule has 4 rings (SSSR count). The van der Waals surface area contributed by atoms with Crippen molar-refractivity contribution >= 4 is 56.4 Å². The Labute approximate surface area is 223 Å². The topological polar surface area (TPSA) is 127 Å².